The van der Waals surface area contributed by atoms with Gasteiger partial charge in [0.25, 0.3) is 0 Å². The summed E-state index contributed by atoms with van der Waals surface area (Å²) < 4.78 is 5.57. The molecule has 0 aromatic rings. The molecule has 2 N–H and O–H groups in total. The summed E-state index contributed by atoms with van der Waals surface area (Å²) in [5.41, 5.74) is 6.12. The Balaban J connectivity index is 1.75. The summed E-state index contributed by atoms with van der Waals surface area (Å²) in [5, 5.41) is 0. The molecule has 0 amide bonds. The highest BCUT2D eigenvalue weighted by atomic mass is 32.2. The lowest BCUT2D eigenvalue weighted by Gasteiger charge is -2.40. The minimum atomic E-state index is 0.113. The maximum Gasteiger partial charge on any atom is 0.191 e. The Morgan fingerprint density at radius 2 is 2.12 bits per heavy atom. The Morgan fingerprint density at radius 1 is 1.41 bits per heavy atom. The van der Waals surface area contributed by atoms with Gasteiger partial charge in [0.1, 0.15) is 0 Å². The van der Waals surface area contributed by atoms with Crippen LogP contribution in [0.3, 0.4) is 0 Å². The van der Waals surface area contributed by atoms with Crippen LogP contribution in [0, 0.1) is 0 Å². The van der Waals surface area contributed by atoms with Gasteiger partial charge in [0, 0.05) is 38.2 Å². The van der Waals surface area contributed by atoms with E-state index in [-0.39, 0.29) is 5.60 Å². The van der Waals surface area contributed by atoms with Crippen molar-refractivity contribution in [3.05, 3.63) is 0 Å². The quantitative estimate of drug-likeness (QED) is 0.609. The molecule has 98 valence electrons. The van der Waals surface area contributed by atoms with E-state index >= 15 is 0 Å². The fourth-order valence-electron chi connectivity index (χ4n) is 2.39. The molecule has 0 bridgehead atoms. The van der Waals surface area contributed by atoms with Crippen LogP contribution in [-0.4, -0.2) is 54.7 Å². The number of rotatable bonds is 4. The molecule has 0 atom stereocenters. The molecule has 4 nitrogen and oxygen atoms in total. The van der Waals surface area contributed by atoms with Gasteiger partial charge < -0.3 is 15.4 Å². The lowest BCUT2D eigenvalue weighted by molar-refractivity contribution is -0.0754. The molecule has 1 aliphatic carbocycles. The van der Waals surface area contributed by atoms with E-state index in [9.17, 15) is 0 Å². The molecular formula is C12H23N3OS. The van der Waals surface area contributed by atoms with Gasteiger partial charge in [-0.05, 0) is 25.7 Å². The number of hydrogen-bond donors (Lipinski definition) is 1. The van der Waals surface area contributed by atoms with Gasteiger partial charge in [-0.1, -0.05) is 0 Å². The number of methoxy groups -OCH3 is 1. The van der Waals surface area contributed by atoms with Crippen LogP contribution in [0.25, 0.3) is 0 Å². The first-order valence-corrected chi connectivity index (χ1v) is 7.59. The van der Waals surface area contributed by atoms with Gasteiger partial charge in [-0.3, -0.25) is 4.99 Å². The molecule has 2 aliphatic rings. The molecule has 0 radical (unpaired) electrons. The zero-order valence-corrected chi connectivity index (χ0v) is 11.5. The maximum absolute atomic E-state index is 6.00. The second-order valence-electron chi connectivity index (χ2n) is 4.83. The Labute approximate surface area is 108 Å². The van der Waals surface area contributed by atoms with E-state index in [2.05, 4.69) is 9.89 Å². The van der Waals surface area contributed by atoms with Gasteiger partial charge in [-0.2, -0.15) is 11.8 Å². The smallest absolute Gasteiger partial charge is 0.191 e. The van der Waals surface area contributed by atoms with Gasteiger partial charge in [0.05, 0.1) is 5.60 Å². The second-order valence-corrected chi connectivity index (χ2v) is 6.05. The van der Waals surface area contributed by atoms with E-state index in [1.54, 1.807) is 0 Å². The van der Waals surface area contributed by atoms with Crippen molar-refractivity contribution >= 4 is 17.7 Å². The van der Waals surface area contributed by atoms with Gasteiger partial charge in [0.2, 0.25) is 0 Å². The molecule has 0 unspecified atom stereocenters. The number of hydrogen-bond acceptors (Lipinski definition) is 3. The predicted octanol–water partition coefficient (Wildman–Crippen LogP) is 1.31. The lowest BCUT2D eigenvalue weighted by Crippen LogP contribution is -2.43. The Morgan fingerprint density at radius 3 is 2.65 bits per heavy atom. The summed E-state index contributed by atoms with van der Waals surface area (Å²) >= 11 is 1.99. The van der Waals surface area contributed by atoms with Crippen molar-refractivity contribution in [3.63, 3.8) is 0 Å². The average molecular weight is 257 g/mol. The van der Waals surface area contributed by atoms with Crippen molar-refractivity contribution in [1.82, 2.24) is 4.90 Å². The normalized spacial score (nSPS) is 24.5. The standard InChI is InChI=1S/C12H23N3OS/c1-16-12(3-2-4-12)5-6-14-11(13)15-7-9-17-10-8-15/h2-10H2,1H3,(H2,13,14). The van der Waals surface area contributed by atoms with Crippen LogP contribution in [0.4, 0.5) is 0 Å². The van der Waals surface area contributed by atoms with Crippen LogP contribution in [0.2, 0.25) is 0 Å². The summed E-state index contributed by atoms with van der Waals surface area (Å²) in [5.74, 6) is 3.05. The SMILES string of the molecule is COC1(CCN=C(N)N2CCSCC2)CCC1. The molecule has 0 aromatic carbocycles. The highest BCUT2D eigenvalue weighted by Gasteiger charge is 2.36. The van der Waals surface area contributed by atoms with Crippen LogP contribution in [0.5, 0.6) is 0 Å². The van der Waals surface area contributed by atoms with E-state index in [0.29, 0.717) is 0 Å². The molecule has 0 aromatic heterocycles. The van der Waals surface area contributed by atoms with E-state index in [1.807, 2.05) is 18.9 Å². The molecule has 17 heavy (non-hydrogen) atoms. The zero-order chi connectivity index (χ0) is 12.1. The molecule has 1 saturated heterocycles. The first-order valence-electron chi connectivity index (χ1n) is 6.43. The minimum absolute atomic E-state index is 0.113. The van der Waals surface area contributed by atoms with Crippen molar-refractivity contribution in [1.29, 1.82) is 0 Å². The highest BCUT2D eigenvalue weighted by molar-refractivity contribution is 7.99. The van der Waals surface area contributed by atoms with E-state index in [1.165, 1.54) is 19.3 Å². The van der Waals surface area contributed by atoms with Crippen LogP contribution < -0.4 is 5.73 Å². The topological polar surface area (TPSA) is 50.9 Å². The van der Waals surface area contributed by atoms with Gasteiger partial charge >= 0.3 is 0 Å². The number of guanidine groups is 1. The highest BCUT2D eigenvalue weighted by Crippen LogP contribution is 2.37. The predicted molar refractivity (Wildman–Crippen MR) is 73.6 cm³/mol. The second kappa shape index (κ2) is 5.96. The molecule has 1 heterocycles. The lowest BCUT2D eigenvalue weighted by atomic mass is 9.77. The Kier molecular flexibility index (Phi) is 4.56. The molecule has 5 heteroatoms. The average Bonchev–Trinajstić information content (AvgIpc) is 2.33. The van der Waals surface area contributed by atoms with Crippen molar-refractivity contribution in [2.24, 2.45) is 10.7 Å². The number of nitrogens with two attached hydrogens (primary N) is 1. The Hall–Kier alpha value is -0.420. The van der Waals surface area contributed by atoms with Crippen LogP contribution >= 0.6 is 11.8 Å². The molecule has 2 fully saturated rings. The Bertz CT molecular complexity index is 267. The van der Waals surface area contributed by atoms with Crippen molar-refractivity contribution in [3.8, 4) is 0 Å². The van der Waals surface area contributed by atoms with Gasteiger partial charge in [0.15, 0.2) is 5.96 Å². The first kappa shape index (κ1) is 13.0. The van der Waals surface area contributed by atoms with Crippen LogP contribution in [0.1, 0.15) is 25.7 Å². The number of nitrogens with zero attached hydrogens (tertiary/aromatic N) is 2. The third-order valence-electron chi connectivity index (χ3n) is 3.87. The van der Waals surface area contributed by atoms with Gasteiger partial charge in [-0.15, -0.1) is 0 Å². The van der Waals surface area contributed by atoms with Crippen molar-refractivity contribution < 1.29 is 4.74 Å². The number of ether oxygens (including phenoxy) is 1. The fourth-order valence-corrected chi connectivity index (χ4v) is 3.30. The minimum Gasteiger partial charge on any atom is -0.378 e. The van der Waals surface area contributed by atoms with E-state index < -0.39 is 0 Å². The summed E-state index contributed by atoms with van der Waals surface area (Å²) in [6.07, 6.45) is 4.65. The number of aliphatic imine (C=N–C) groups is 1. The summed E-state index contributed by atoms with van der Waals surface area (Å²) in [4.78, 5) is 6.68. The fraction of sp³-hybridized carbons (Fsp3) is 0.917. The first-order chi connectivity index (χ1) is 8.26. The largest absolute Gasteiger partial charge is 0.378 e. The third kappa shape index (κ3) is 3.28. The summed E-state index contributed by atoms with van der Waals surface area (Å²) in [6.45, 7) is 2.87. The van der Waals surface area contributed by atoms with E-state index in [4.69, 9.17) is 10.5 Å². The third-order valence-corrected chi connectivity index (χ3v) is 4.82. The van der Waals surface area contributed by atoms with Crippen LogP contribution in [-0.2, 0) is 4.74 Å². The maximum atomic E-state index is 6.00. The monoisotopic (exact) mass is 257 g/mol. The van der Waals surface area contributed by atoms with Gasteiger partial charge in [-0.25, -0.2) is 0 Å². The molecule has 0 spiro atoms. The van der Waals surface area contributed by atoms with Crippen molar-refractivity contribution in [2.45, 2.75) is 31.3 Å². The molecule has 1 aliphatic heterocycles. The molecule has 2 rings (SSSR count). The van der Waals surface area contributed by atoms with Crippen molar-refractivity contribution in [2.75, 3.05) is 38.2 Å². The summed E-state index contributed by atoms with van der Waals surface area (Å²) in [7, 11) is 1.81. The number of thioether (sulfide) groups is 1. The van der Waals surface area contributed by atoms with Crippen LogP contribution in [0.15, 0.2) is 4.99 Å². The molecular weight excluding hydrogens is 234 g/mol. The molecule has 1 saturated carbocycles. The summed E-state index contributed by atoms with van der Waals surface area (Å²) in [6, 6.07) is 0. The zero-order valence-electron chi connectivity index (χ0n) is 10.7. The van der Waals surface area contributed by atoms with E-state index in [0.717, 1.165) is 43.5 Å².